The maximum atomic E-state index is 12.1. The minimum absolute atomic E-state index is 0.198. The number of benzene rings is 2. The molecule has 0 saturated heterocycles. The Kier molecular flexibility index (Phi) is 4.13. The monoisotopic (exact) mass is 306 g/mol. The second-order valence-corrected chi connectivity index (χ2v) is 5.98. The van der Waals surface area contributed by atoms with Gasteiger partial charge in [0.25, 0.3) is 10.0 Å². The number of sulfonamides is 1. The van der Waals surface area contributed by atoms with Gasteiger partial charge in [-0.1, -0.05) is 12.1 Å². The normalized spacial score (nSPS) is 10.9. The SMILES string of the molecule is CC(=O)Nc1ccc(NS(=O)(=O)c2ccccc2O)cc1. The van der Waals surface area contributed by atoms with Crippen LogP contribution < -0.4 is 10.0 Å². The topological polar surface area (TPSA) is 95.5 Å². The van der Waals surface area contributed by atoms with Crippen LogP contribution in [0, 0.1) is 0 Å². The number of rotatable bonds is 4. The molecule has 2 aromatic rings. The molecule has 0 radical (unpaired) electrons. The molecule has 110 valence electrons. The average molecular weight is 306 g/mol. The summed E-state index contributed by atoms with van der Waals surface area (Å²) >= 11 is 0. The molecule has 0 saturated carbocycles. The first-order chi connectivity index (χ1) is 9.88. The number of amides is 1. The first-order valence-electron chi connectivity index (χ1n) is 6.07. The highest BCUT2D eigenvalue weighted by molar-refractivity contribution is 7.92. The second-order valence-electron chi connectivity index (χ2n) is 4.33. The fraction of sp³-hybridized carbons (Fsp3) is 0.0714. The summed E-state index contributed by atoms with van der Waals surface area (Å²) < 4.78 is 26.6. The standard InChI is InChI=1S/C14H14N2O4S/c1-10(17)15-11-6-8-12(9-7-11)16-21(19,20)14-5-3-2-4-13(14)18/h2-9,16,18H,1H3,(H,15,17). The average Bonchev–Trinajstić information content (AvgIpc) is 2.40. The number of anilines is 2. The van der Waals surface area contributed by atoms with Gasteiger partial charge in [-0.05, 0) is 36.4 Å². The van der Waals surface area contributed by atoms with Gasteiger partial charge in [0.05, 0.1) is 0 Å². The Balaban J connectivity index is 2.21. The molecule has 0 aromatic heterocycles. The van der Waals surface area contributed by atoms with E-state index >= 15 is 0 Å². The summed E-state index contributed by atoms with van der Waals surface area (Å²) in [5, 5.41) is 12.2. The molecule has 0 aliphatic carbocycles. The molecule has 0 spiro atoms. The van der Waals surface area contributed by atoms with Crippen LogP contribution in [0.15, 0.2) is 53.4 Å². The van der Waals surface area contributed by atoms with E-state index in [0.29, 0.717) is 11.4 Å². The number of hydrogen-bond donors (Lipinski definition) is 3. The third kappa shape index (κ3) is 3.73. The molecule has 0 heterocycles. The summed E-state index contributed by atoms with van der Waals surface area (Å²) in [5.41, 5.74) is 0.889. The number of carbonyl (C=O) groups is 1. The lowest BCUT2D eigenvalue weighted by Crippen LogP contribution is -2.13. The molecule has 6 nitrogen and oxygen atoms in total. The number of aromatic hydroxyl groups is 1. The molecule has 7 heteroatoms. The predicted octanol–water partition coefficient (Wildman–Crippen LogP) is 2.15. The van der Waals surface area contributed by atoms with E-state index < -0.39 is 10.0 Å². The van der Waals surface area contributed by atoms with Crippen LogP contribution in [0.5, 0.6) is 5.75 Å². The van der Waals surface area contributed by atoms with Crippen LogP contribution in [0.3, 0.4) is 0 Å². The zero-order valence-corrected chi connectivity index (χ0v) is 12.0. The van der Waals surface area contributed by atoms with Gasteiger partial charge in [-0.2, -0.15) is 0 Å². The van der Waals surface area contributed by atoms with Crippen molar-refractivity contribution >= 4 is 27.3 Å². The Morgan fingerprint density at radius 3 is 2.14 bits per heavy atom. The number of carbonyl (C=O) groups excluding carboxylic acids is 1. The minimum Gasteiger partial charge on any atom is -0.507 e. The van der Waals surface area contributed by atoms with E-state index in [2.05, 4.69) is 10.0 Å². The van der Waals surface area contributed by atoms with Crippen LogP contribution in [0.25, 0.3) is 0 Å². The highest BCUT2D eigenvalue weighted by Gasteiger charge is 2.17. The summed E-state index contributed by atoms with van der Waals surface area (Å²) in [7, 11) is -3.87. The maximum absolute atomic E-state index is 12.1. The lowest BCUT2D eigenvalue weighted by Gasteiger charge is -2.10. The third-order valence-corrected chi connectivity index (χ3v) is 4.04. The first kappa shape index (κ1) is 14.9. The van der Waals surface area contributed by atoms with Crippen LogP contribution in [-0.2, 0) is 14.8 Å². The fourth-order valence-electron chi connectivity index (χ4n) is 1.72. The summed E-state index contributed by atoms with van der Waals surface area (Å²) in [6.07, 6.45) is 0. The molecule has 21 heavy (non-hydrogen) atoms. The van der Waals surface area contributed by atoms with Gasteiger partial charge < -0.3 is 10.4 Å². The number of phenols is 1. The lowest BCUT2D eigenvalue weighted by molar-refractivity contribution is -0.114. The Morgan fingerprint density at radius 1 is 1.00 bits per heavy atom. The largest absolute Gasteiger partial charge is 0.507 e. The van der Waals surface area contributed by atoms with E-state index in [0.717, 1.165) is 0 Å². The number of phenolic OH excluding ortho intramolecular Hbond substituents is 1. The molecular formula is C14H14N2O4S. The Bertz CT molecular complexity index is 755. The molecule has 2 aromatic carbocycles. The predicted molar refractivity (Wildman–Crippen MR) is 79.7 cm³/mol. The van der Waals surface area contributed by atoms with Gasteiger partial charge in [0, 0.05) is 18.3 Å². The summed E-state index contributed by atoms with van der Waals surface area (Å²) in [6.45, 7) is 1.38. The van der Waals surface area contributed by atoms with Crippen molar-refractivity contribution in [3.05, 3.63) is 48.5 Å². The Hall–Kier alpha value is -2.54. The Morgan fingerprint density at radius 2 is 1.57 bits per heavy atom. The van der Waals surface area contributed by atoms with Crippen molar-refractivity contribution in [2.24, 2.45) is 0 Å². The molecule has 0 atom stereocenters. The highest BCUT2D eigenvalue weighted by Crippen LogP contribution is 2.24. The van der Waals surface area contributed by atoms with Crippen molar-refractivity contribution < 1.29 is 18.3 Å². The van der Waals surface area contributed by atoms with Crippen LogP contribution in [-0.4, -0.2) is 19.4 Å². The Labute approximate surface area is 122 Å². The van der Waals surface area contributed by atoms with Crippen LogP contribution in [0.1, 0.15) is 6.92 Å². The van der Waals surface area contributed by atoms with Crippen molar-refractivity contribution in [2.45, 2.75) is 11.8 Å². The van der Waals surface area contributed by atoms with E-state index in [1.165, 1.54) is 43.3 Å². The van der Waals surface area contributed by atoms with Gasteiger partial charge in [-0.25, -0.2) is 8.42 Å². The molecule has 0 fully saturated rings. The summed E-state index contributed by atoms with van der Waals surface area (Å²) in [6, 6.07) is 11.8. The fourth-order valence-corrected chi connectivity index (χ4v) is 2.88. The highest BCUT2D eigenvalue weighted by atomic mass is 32.2. The minimum atomic E-state index is -3.87. The van der Waals surface area contributed by atoms with E-state index in [4.69, 9.17) is 0 Å². The molecule has 0 unspecified atom stereocenters. The van der Waals surface area contributed by atoms with E-state index in [1.54, 1.807) is 12.1 Å². The quantitative estimate of drug-likeness (QED) is 0.806. The van der Waals surface area contributed by atoms with Crippen LogP contribution in [0.4, 0.5) is 11.4 Å². The van der Waals surface area contributed by atoms with Crippen molar-refractivity contribution in [3.63, 3.8) is 0 Å². The van der Waals surface area contributed by atoms with Crippen molar-refractivity contribution in [2.75, 3.05) is 10.0 Å². The smallest absolute Gasteiger partial charge is 0.265 e. The van der Waals surface area contributed by atoms with Crippen molar-refractivity contribution in [1.82, 2.24) is 0 Å². The molecule has 0 aliphatic rings. The molecule has 3 N–H and O–H groups in total. The number of hydrogen-bond acceptors (Lipinski definition) is 4. The van der Waals surface area contributed by atoms with Crippen molar-refractivity contribution in [1.29, 1.82) is 0 Å². The van der Waals surface area contributed by atoms with Gasteiger partial charge in [-0.3, -0.25) is 9.52 Å². The summed E-state index contributed by atoms with van der Waals surface area (Å²) in [4.78, 5) is 10.7. The lowest BCUT2D eigenvalue weighted by atomic mass is 10.3. The molecule has 2 rings (SSSR count). The maximum Gasteiger partial charge on any atom is 0.265 e. The van der Waals surface area contributed by atoms with Gasteiger partial charge in [0.15, 0.2) is 0 Å². The van der Waals surface area contributed by atoms with E-state index in [-0.39, 0.29) is 16.6 Å². The van der Waals surface area contributed by atoms with E-state index in [1.807, 2.05) is 0 Å². The van der Waals surface area contributed by atoms with Gasteiger partial charge in [0.2, 0.25) is 5.91 Å². The zero-order chi connectivity index (χ0) is 15.5. The summed E-state index contributed by atoms with van der Waals surface area (Å²) in [5.74, 6) is -0.530. The first-order valence-corrected chi connectivity index (χ1v) is 7.55. The van der Waals surface area contributed by atoms with E-state index in [9.17, 15) is 18.3 Å². The zero-order valence-electron chi connectivity index (χ0n) is 11.2. The van der Waals surface area contributed by atoms with Crippen LogP contribution in [0.2, 0.25) is 0 Å². The van der Waals surface area contributed by atoms with Gasteiger partial charge in [-0.15, -0.1) is 0 Å². The molecule has 0 aliphatic heterocycles. The van der Waals surface area contributed by atoms with Crippen molar-refractivity contribution in [3.8, 4) is 5.75 Å². The molecular weight excluding hydrogens is 292 g/mol. The molecule has 0 bridgehead atoms. The number of para-hydroxylation sites is 1. The third-order valence-electron chi connectivity index (χ3n) is 2.61. The van der Waals surface area contributed by atoms with Crippen LogP contribution >= 0.6 is 0 Å². The molecule has 1 amide bonds. The second kappa shape index (κ2) is 5.84. The van der Waals surface area contributed by atoms with Gasteiger partial charge in [0.1, 0.15) is 10.6 Å². The van der Waals surface area contributed by atoms with Gasteiger partial charge >= 0.3 is 0 Å². The number of nitrogens with one attached hydrogen (secondary N) is 2.